The molecule has 0 atom stereocenters. The summed E-state index contributed by atoms with van der Waals surface area (Å²) in [5.41, 5.74) is 0. The first-order valence-electron chi connectivity index (χ1n) is 5.46. The Morgan fingerprint density at radius 3 is 1.26 bits per heavy atom. The molecule has 2 heterocycles. The van der Waals surface area contributed by atoms with Crippen LogP contribution in [0.15, 0.2) is 0 Å². The Morgan fingerprint density at radius 2 is 1.16 bits per heavy atom. The summed E-state index contributed by atoms with van der Waals surface area (Å²) in [5.74, 6) is -0.676. The van der Waals surface area contributed by atoms with Crippen molar-refractivity contribution in [2.45, 2.75) is 25.7 Å². The molecule has 0 unspecified atom stereocenters. The quantitative estimate of drug-likeness (QED) is 0.471. The van der Waals surface area contributed by atoms with Gasteiger partial charge in [0.15, 0.2) is 0 Å². The van der Waals surface area contributed by atoms with E-state index >= 15 is 0 Å². The van der Waals surface area contributed by atoms with E-state index in [1.165, 1.54) is 0 Å². The Bertz CT molecular complexity index is 350. The van der Waals surface area contributed by atoms with Crippen molar-refractivity contribution < 1.29 is 48.9 Å². The van der Waals surface area contributed by atoms with Crippen LogP contribution < -0.4 is 10.2 Å². The summed E-state index contributed by atoms with van der Waals surface area (Å²) in [7, 11) is 0. The fourth-order valence-electron chi connectivity index (χ4n) is 1.68. The molecule has 0 aromatic heterocycles. The van der Waals surface area contributed by atoms with Crippen LogP contribution in [-0.4, -0.2) is 46.9 Å². The average molecular weight is 322 g/mol. The van der Waals surface area contributed by atoms with Crippen molar-refractivity contribution in [1.29, 1.82) is 0 Å². The normalized spacial score (nSPS) is 17.7. The molecule has 0 N–H and O–H groups in total. The van der Waals surface area contributed by atoms with Crippen LogP contribution in [-0.2, 0) is 29.1 Å². The van der Waals surface area contributed by atoms with Crippen LogP contribution in [0.4, 0.5) is 9.59 Å². The molecule has 8 nitrogen and oxygen atoms in total. The maximum absolute atomic E-state index is 10.5. The number of rotatable bonds is 0. The first kappa shape index (κ1) is 17.5. The number of carbonyl (C=O) groups is 4. The first-order valence-corrected chi connectivity index (χ1v) is 5.46. The summed E-state index contributed by atoms with van der Waals surface area (Å²) in [6.45, 7) is 0.613. The summed E-state index contributed by atoms with van der Waals surface area (Å²) in [5, 5.41) is 20.0. The number of likely N-dealkylation sites (tertiary alicyclic amines) is 2. The minimum absolute atomic E-state index is 0. The maximum atomic E-state index is 10.5. The van der Waals surface area contributed by atoms with Crippen LogP contribution in [0.2, 0.25) is 0 Å². The molecule has 0 aromatic rings. The molecule has 2 aliphatic heterocycles. The van der Waals surface area contributed by atoms with E-state index in [9.17, 15) is 29.4 Å². The molecule has 4 amide bonds. The molecule has 0 spiro atoms. The average Bonchev–Trinajstić information content (AvgIpc) is 2.87. The first-order chi connectivity index (χ1) is 8.43. The molecule has 0 bridgehead atoms. The van der Waals surface area contributed by atoms with Gasteiger partial charge in [-0.15, -0.1) is 0 Å². The maximum Gasteiger partial charge on any atom is 2.00 e. The van der Waals surface area contributed by atoms with E-state index in [0.717, 1.165) is 9.80 Å². The third-order valence-corrected chi connectivity index (χ3v) is 2.59. The Kier molecular flexibility index (Phi) is 7.22. The summed E-state index contributed by atoms with van der Waals surface area (Å²) in [4.78, 5) is 42.5. The second-order valence-electron chi connectivity index (χ2n) is 3.83. The minimum Gasteiger partial charge on any atom is -0.530 e. The van der Waals surface area contributed by atoms with E-state index in [1.54, 1.807) is 0 Å². The molecule has 2 aliphatic rings. The van der Waals surface area contributed by atoms with Crippen molar-refractivity contribution in [1.82, 2.24) is 9.80 Å². The number of amides is 4. The van der Waals surface area contributed by atoms with Gasteiger partial charge in [0.2, 0.25) is 11.8 Å². The number of carbonyl (C=O) groups excluding carboxylic acids is 4. The Labute approximate surface area is 122 Å². The van der Waals surface area contributed by atoms with Gasteiger partial charge in [-0.1, -0.05) is 0 Å². The van der Waals surface area contributed by atoms with Crippen LogP contribution in [0, 0.1) is 0 Å². The van der Waals surface area contributed by atoms with Gasteiger partial charge in [0.05, 0.1) is 0 Å². The number of hydrogen-bond acceptors (Lipinski definition) is 6. The third-order valence-electron chi connectivity index (χ3n) is 2.59. The smallest absolute Gasteiger partial charge is 0.530 e. The van der Waals surface area contributed by atoms with Gasteiger partial charge < -0.3 is 19.8 Å². The van der Waals surface area contributed by atoms with E-state index in [2.05, 4.69) is 0 Å². The molecular formula is C10H12N2O6Zn. The van der Waals surface area contributed by atoms with Gasteiger partial charge in [-0.25, -0.2) is 0 Å². The third kappa shape index (κ3) is 4.94. The molecule has 2 saturated heterocycles. The van der Waals surface area contributed by atoms with Gasteiger partial charge in [0, 0.05) is 25.9 Å². The van der Waals surface area contributed by atoms with Crippen LogP contribution >= 0.6 is 0 Å². The van der Waals surface area contributed by atoms with Crippen LogP contribution in [0.5, 0.6) is 0 Å². The molecule has 0 aliphatic carbocycles. The van der Waals surface area contributed by atoms with Gasteiger partial charge in [0.25, 0.3) is 0 Å². The fraction of sp³-hybridized carbons (Fsp3) is 0.600. The summed E-state index contributed by atoms with van der Waals surface area (Å²) >= 11 is 0. The van der Waals surface area contributed by atoms with Gasteiger partial charge >= 0.3 is 19.5 Å². The van der Waals surface area contributed by atoms with Gasteiger partial charge in [-0.05, 0) is 12.8 Å². The molecule has 0 saturated carbocycles. The van der Waals surface area contributed by atoms with Crippen LogP contribution in [0.3, 0.4) is 0 Å². The van der Waals surface area contributed by atoms with E-state index in [-0.39, 0.29) is 31.3 Å². The second-order valence-corrected chi connectivity index (χ2v) is 3.83. The minimum atomic E-state index is -1.38. The van der Waals surface area contributed by atoms with Crippen molar-refractivity contribution >= 4 is 24.0 Å². The molecule has 0 aromatic carbocycles. The zero-order valence-corrected chi connectivity index (χ0v) is 13.3. The summed E-state index contributed by atoms with van der Waals surface area (Å²) in [6.07, 6.45) is -0.809. The van der Waals surface area contributed by atoms with E-state index in [0.29, 0.717) is 38.8 Å². The van der Waals surface area contributed by atoms with Crippen molar-refractivity contribution in [3.8, 4) is 0 Å². The predicted molar refractivity (Wildman–Crippen MR) is 52.7 cm³/mol. The van der Waals surface area contributed by atoms with E-state index in [4.69, 9.17) is 0 Å². The Balaban J connectivity index is 0.000000324. The standard InChI is InChI=1S/2C5H7NO3.Zn/c2*7-4-2-1-3-6(4)5(8)9;/h2*1-3H2,(H,8,9);/q;;+2/p-2. The van der Waals surface area contributed by atoms with Crippen LogP contribution in [0.25, 0.3) is 0 Å². The van der Waals surface area contributed by atoms with Gasteiger partial charge in [-0.3, -0.25) is 19.4 Å². The van der Waals surface area contributed by atoms with Gasteiger partial charge in [0.1, 0.15) is 12.2 Å². The number of carboxylic acid groups (broad SMARTS) is 2. The number of imide groups is 2. The Morgan fingerprint density at radius 1 is 0.842 bits per heavy atom. The topological polar surface area (TPSA) is 121 Å². The summed E-state index contributed by atoms with van der Waals surface area (Å²) < 4.78 is 0. The van der Waals surface area contributed by atoms with Crippen molar-refractivity contribution in [3.63, 3.8) is 0 Å². The molecule has 19 heavy (non-hydrogen) atoms. The van der Waals surface area contributed by atoms with Crippen molar-refractivity contribution in [2.75, 3.05) is 13.1 Å². The predicted octanol–water partition coefficient (Wildman–Crippen LogP) is -2.10. The molecule has 100 valence electrons. The summed E-state index contributed by atoms with van der Waals surface area (Å²) in [6, 6.07) is 0. The van der Waals surface area contributed by atoms with Crippen LogP contribution in [0.1, 0.15) is 25.7 Å². The van der Waals surface area contributed by atoms with Crippen molar-refractivity contribution in [2.24, 2.45) is 0 Å². The van der Waals surface area contributed by atoms with Gasteiger partial charge in [-0.2, -0.15) is 0 Å². The number of nitrogens with zero attached hydrogens (tertiary/aromatic N) is 2. The number of hydrogen-bond donors (Lipinski definition) is 0. The zero-order valence-electron chi connectivity index (χ0n) is 10.3. The largest absolute Gasteiger partial charge is 2.00 e. The molecule has 2 fully saturated rings. The fourth-order valence-corrected chi connectivity index (χ4v) is 1.68. The molecule has 2 rings (SSSR count). The Hall–Kier alpha value is -1.50. The van der Waals surface area contributed by atoms with Crippen molar-refractivity contribution in [3.05, 3.63) is 0 Å². The van der Waals surface area contributed by atoms with E-state index in [1.807, 2.05) is 0 Å². The zero-order chi connectivity index (χ0) is 13.7. The monoisotopic (exact) mass is 320 g/mol. The SMILES string of the molecule is O=C([O-])N1CCCC1=O.O=C([O-])N1CCCC1=O.[Zn+2]. The van der Waals surface area contributed by atoms with E-state index < -0.39 is 12.2 Å². The molecular weight excluding hydrogens is 310 g/mol. The molecule has 9 heteroatoms. The molecule has 0 radical (unpaired) electrons. The second kappa shape index (κ2) is 7.83.